The van der Waals surface area contributed by atoms with Gasteiger partial charge in [-0.1, -0.05) is 0 Å². The number of anilines is 1. The molecule has 1 aromatic heterocycles. The highest BCUT2D eigenvalue weighted by Gasteiger charge is 2.38. The zero-order chi connectivity index (χ0) is 12.3. The molecule has 0 saturated heterocycles. The molecule has 1 saturated carbocycles. The molecule has 1 aromatic rings. The summed E-state index contributed by atoms with van der Waals surface area (Å²) in [5.74, 6) is 0. The molecule has 0 amide bonds. The number of nitrogens with zero attached hydrogens (tertiary/aromatic N) is 3. The van der Waals surface area contributed by atoms with Gasteiger partial charge in [-0.05, 0) is 45.5 Å². The van der Waals surface area contributed by atoms with Gasteiger partial charge in [-0.25, -0.2) is 4.98 Å². The van der Waals surface area contributed by atoms with Crippen LogP contribution in [-0.2, 0) is 0 Å². The van der Waals surface area contributed by atoms with Crippen molar-refractivity contribution >= 4 is 5.69 Å². The van der Waals surface area contributed by atoms with Gasteiger partial charge in [0.1, 0.15) is 6.07 Å². The summed E-state index contributed by atoms with van der Waals surface area (Å²) in [6, 6.07) is 5.87. The quantitative estimate of drug-likeness (QED) is 0.857. The van der Waals surface area contributed by atoms with Gasteiger partial charge in [0.15, 0.2) is 5.69 Å². The summed E-state index contributed by atoms with van der Waals surface area (Å²) in [6.07, 6.45) is 5.37. The largest absolute Gasteiger partial charge is 0.381 e. The van der Waals surface area contributed by atoms with Crippen LogP contribution in [0.1, 0.15) is 25.0 Å². The van der Waals surface area contributed by atoms with E-state index in [0.29, 0.717) is 5.69 Å². The molecule has 0 spiro atoms. The van der Waals surface area contributed by atoms with Crippen LogP contribution < -0.4 is 5.32 Å². The highest BCUT2D eigenvalue weighted by atomic mass is 15.2. The lowest BCUT2D eigenvalue weighted by atomic mass is 9.75. The highest BCUT2D eigenvalue weighted by Crippen LogP contribution is 2.36. The summed E-state index contributed by atoms with van der Waals surface area (Å²) in [5.41, 5.74) is 1.56. The molecule has 0 aliphatic heterocycles. The van der Waals surface area contributed by atoms with E-state index in [-0.39, 0.29) is 5.54 Å². The minimum absolute atomic E-state index is 0.253. The minimum atomic E-state index is 0.253. The van der Waals surface area contributed by atoms with E-state index < -0.39 is 0 Å². The van der Waals surface area contributed by atoms with Gasteiger partial charge in [-0.3, -0.25) is 0 Å². The van der Waals surface area contributed by atoms with Crippen molar-refractivity contribution in [1.29, 1.82) is 5.26 Å². The van der Waals surface area contributed by atoms with Crippen molar-refractivity contribution in [2.45, 2.75) is 24.8 Å². The molecular weight excluding hydrogens is 212 g/mol. The van der Waals surface area contributed by atoms with Crippen molar-refractivity contribution in [2.75, 3.05) is 26.0 Å². The molecule has 1 aliphatic carbocycles. The van der Waals surface area contributed by atoms with Gasteiger partial charge >= 0.3 is 0 Å². The zero-order valence-electron chi connectivity index (χ0n) is 10.4. The van der Waals surface area contributed by atoms with Gasteiger partial charge < -0.3 is 10.2 Å². The van der Waals surface area contributed by atoms with Crippen LogP contribution >= 0.6 is 0 Å². The molecule has 0 unspecified atom stereocenters. The fraction of sp³-hybridized carbons (Fsp3) is 0.538. The molecule has 4 nitrogen and oxygen atoms in total. The van der Waals surface area contributed by atoms with E-state index in [1.165, 1.54) is 19.3 Å². The van der Waals surface area contributed by atoms with E-state index in [1.54, 1.807) is 6.20 Å². The minimum Gasteiger partial charge on any atom is -0.381 e. The first-order valence-corrected chi connectivity index (χ1v) is 5.94. The Kier molecular flexibility index (Phi) is 3.30. The second kappa shape index (κ2) is 4.72. The summed E-state index contributed by atoms with van der Waals surface area (Å²) in [6.45, 7) is 0.875. The monoisotopic (exact) mass is 230 g/mol. The molecule has 0 atom stereocenters. The standard InChI is InChI=1S/C13H18N4/c1-17(2)13(6-4-7-13)10-16-11-5-3-8-15-12(11)9-14/h3,5,8,16H,4,6-7,10H2,1-2H3. The van der Waals surface area contributed by atoms with Gasteiger partial charge in [0.05, 0.1) is 5.69 Å². The van der Waals surface area contributed by atoms with Crippen molar-refractivity contribution in [3.8, 4) is 6.07 Å². The Labute approximate surface area is 102 Å². The van der Waals surface area contributed by atoms with E-state index in [9.17, 15) is 0 Å². The van der Waals surface area contributed by atoms with Crippen molar-refractivity contribution in [1.82, 2.24) is 9.88 Å². The molecule has 1 aliphatic rings. The lowest BCUT2D eigenvalue weighted by molar-refractivity contribution is 0.0739. The number of hydrogen-bond donors (Lipinski definition) is 1. The molecule has 0 radical (unpaired) electrons. The first-order valence-electron chi connectivity index (χ1n) is 5.94. The molecule has 1 N–H and O–H groups in total. The zero-order valence-corrected chi connectivity index (χ0v) is 10.4. The number of aromatic nitrogens is 1. The van der Waals surface area contributed by atoms with Crippen LogP contribution in [0.4, 0.5) is 5.69 Å². The number of hydrogen-bond acceptors (Lipinski definition) is 4. The van der Waals surface area contributed by atoms with Gasteiger partial charge in [-0.15, -0.1) is 0 Å². The first-order chi connectivity index (χ1) is 8.18. The Morgan fingerprint density at radius 2 is 2.29 bits per heavy atom. The smallest absolute Gasteiger partial charge is 0.163 e. The van der Waals surface area contributed by atoms with Crippen molar-refractivity contribution in [3.05, 3.63) is 24.0 Å². The van der Waals surface area contributed by atoms with Gasteiger partial charge in [0, 0.05) is 18.3 Å². The molecular formula is C13H18N4. The fourth-order valence-corrected chi connectivity index (χ4v) is 2.26. The number of rotatable bonds is 4. The van der Waals surface area contributed by atoms with Gasteiger partial charge in [0.25, 0.3) is 0 Å². The molecule has 90 valence electrons. The van der Waals surface area contributed by atoms with E-state index in [2.05, 4.69) is 35.4 Å². The van der Waals surface area contributed by atoms with Gasteiger partial charge in [0.2, 0.25) is 0 Å². The van der Waals surface area contributed by atoms with Crippen LogP contribution in [0.2, 0.25) is 0 Å². The average Bonchev–Trinajstić information content (AvgIpc) is 2.27. The fourth-order valence-electron chi connectivity index (χ4n) is 2.26. The average molecular weight is 230 g/mol. The Morgan fingerprint density at radius 1 is 1.53 bits per heavy atom. The summed E-state index contributed by atoms with van der Waals surface area (Å²) in [7, 11) is 4.24. The third-order valence-electron chi connectivity index (χ3n) is 3.75. The maximum absolute atomic E-state index is 8.97. The first kappa shape index (κ1) is 11.9. The van der Waals surface area contributed by atoms with Crippen LogP contribution in [0.15, 0.2) is 18.3 Å². The van der Waals surface area contributed by atoms with Crippen molar-refractivity contribution in [2.24, 2.45) is 0 Å². The summed E-state index contributed by atoms with van der Waals surface area (Å²) in [5, 5.41) is 12.3. The summed E-state index contributed by atoms with van der Waals surface area (Å²) in [4.78, 5) is 6.33. The van der Waals surface area contributed by atoms with Crippen LogP contribution in [-0.4, -0.2) is 36.1 Å². The van der Waals surface area contributed by atoms with E-state index in [1.807, 2.05) is 12.1 Å². The van der Waals surface area contributed by atoms with Crippen LogP contribution in [0.5, 0.6) is 0 Å². The molecule has 2 rings (SSSR count). The maximum Gasteiger partial charge on any atom is 0.163 e. The van der Waals surface area contributed by atoms with Crippen LogP contribution in [0, 0.1) is 11.3 Å². The molecule has 4 heteroatoms. The molecule has 0 aromatic carbocycles. The highest BCUT2D eigenvalue weighted by molar-refractivity contribution is 5.53. The molecule has 0 bridgehead atoms. The van der Waals surface area contributed by atoms with E-state index in [0.717, 1.165) is 12.2 Å². The van der Waals surface area contributed by atoms with Crippen molar-refractivity contribution < 1.29 is 0 Å². The topological polar surface area (TPSA) is 52.0 Å². The normalized spacial score (nSPS) is 17.3. The number of nitrogens with one attached hydrogen (secondary N) is 1. The second-order valence-corrected chi connectivity index (χ2v) is 4.84. The molecule has 17 heavy (non-hydrogen) atoms. The summed E-state index contributed by atoms with van der Waals surface area (Å²) >= 11 is 0. The summed E-state index contributed by atoms with van der Waals surface area (Å²) < 4.78 is 0. The number of likely N-dealkylation sites (N-methyl/N-ethyl adjacent to an activating group) is 1. The van der Waals surface area contributed by atoms with Crippen LogP contribution in [0.3, 0.4) is 0 Å². The lowest BCUT2D eigenvalue weighted by Crippen LogP contribution is -2.54. The number of nitriles is 1. The molecule has 1 fully saturated rings. The Morgan fingerprint density at radius 3 is 2.82 bits per heavy atom. The number of pyridine rings is 1. The van der Waals surface area contributed by atoms with Crippen LogP contribution in [0.25, 0.3) is 0 Å². The predicted octanol–water partition coefficient (Wildman–Crippen LogP) is 1.85. The van der Waals surface area contributed by atoms with E-state index in [4.69, 9.17) is 5.26 Å². The molecule has 1 heterocycles. The SMILES string of the molecule is CN(C)C1(CNc2cccnc2C#N)CCC1. The van der Waals surface area contributed by atoms with Gasteiger partial charge in [-0.2, -0.15) is 5.26 Å². The van der Waals surface area contributed by atoms with E-state index >= 15 is 0 Å². The van der Waals surface area contributed by atoms with Crippen molar-refractivity contribution in [3.63, 3.8) is 0 Å². The maximum atomic E-state index is 8.97. The Hall–Kier alpha value is -1.60. The second-order valence-electron chi connectivity index (χ2n) is 4.84. The third kappa shape index (κ3) is 2.25. The third-order valence-corrected chi connectivity index (χ3v) is 3.75. The lowest BCUT2D eigenvalue weighted by Gasteiger charge is -2.47. The Bertz CT molecular complexity index is 429. The Balaban J connectivity index is 2.05. The predicted molar refractivity (Wildman–Crippen MR) is 67.7 cm³/mol.